The lowest BCUT2D eigenvalue weighted by molar-refractivity contribution is -0.109. The van der Waals surface area contributed by atoms with E-state index in [-0.39, 0.29) is 0 Å². The molecule has 0 heterocycles. The molecule has 0 aromatic heterocycles. The summed E-state index contributed by atoms with van der Waals surface area (Å²) in [6.07, 6.45) is 2.48. The van der Waals surface area contributed by atoms with Crippen LogP contribution in [0.1, 0.15) is 25.3 Å². The quantitative estimate of drug-likeness (QED) is 0.596. The van der Waals surface area contributed by atoms with Crippen LogP contribution in [0.15, 0.2) is 30.3 Å². The number of alkyl carbamates (subject to hydrolysis) is 1. The van der Waals surface area contributed by atoms with Gasteiger partial charge in [-0.2, -0.15) is 0 Å². The third-order valence-electron chi connectivity index (χ3n) is 2.50. The predicted octanol–water partition coefficient (Wildman–Crippen LogP) is 2.32. The van der Waals surface area contributed by atoms with Crippen LogP contribution in [0, 0.1) is 0 Å². The summed E-state index contributed by atoms with van der Waals surface area (Å²) in [5.74, 6) is 0. The molecule has 1 rings (SSSR count). The molecule has 0 bridgehead atoms. The van der Waals surface area contributed by atoms with Gasteiger partial charge in [0, 0.05) is 0 Å². The zero-order chi connectivity index (χ0) is 13.2. The molecule has 0 aliphatic rings. The van der Waals surface area contributed by atoms with Gasteiger partial charge in [0.25, 0.3) is 0 Å². The predicted molar refractivity (Wildman–Crippen MR) is 69.4 cm³/mol. The SMILES string of the molecule is CCCCOC(=O)NC(C=O)Cc1ccccc1. The van der Waals surface area contributed by atoms with E-state index in [4.69, 9.17) is 4.74 Å². The van der Waals surface area contributed by atoms with E-state index in [2.05, 4.69) is 5.32 Å². The molecule has 0 fully saturated rings. The summed E-state index contributed by atoms with van der Waals surface area (Å²) in [5.41, 5.74) is 1.00. The number of hydrogen-bond acceptors (Lipinski definition) is 3. The Kier molecular flexibility index (Phi) is 6.54. The first-order valence-electron chi connectivity index (χ1n) is 6.18. The lowest BCUT2D eigenvalue weighted by atomic mass is 10.1. The maximum absolute atomic E-state index is 11.4. The van der Waals surface area contributed by atoms with Crippen LogP contribution in [0.3, 0.4) is 0 Å². The van der Waals surface area contributed by atoms with Gasteiger partial charge in [-0.1, -0.05) is 43.7 Å². The second-order valence-electron chi connectivity index (χ2n) is 4.07. The second kappa shape index (κ2) is 8.28. The standard InChI is InChI=1S/C14H19NO3/c1-2-3-9-18-14(17)15-13(11-16)10-12-7-5-4-6-8-12/h4-8,11,13H,2-3,9-10H2,1H3,(H,15,17). The van der Waals surface area contributed by atoms with E-state index in [1.165, 1.54) is 0 Å². The number of rotatable bonds is 7. The Hall–Kier alpha value is -1.84. The van der Waals surface area contributed by atoms with Crippen molar-refractivity contribution in [3.05, 3.63) is 35.9 Å². The Bertz CT molecular complexity index is 365. The minimum atomic E-state index is -0.540. The normalized spacial score (nSPS) is 11.6. The topological polar surface area (TPSA) is 55.4 Å². The Labute approximate surface area is 107 Å². The van der Waals surface area contributed by atoms with Crippen LogP contribution in [0.25, 0.3) is 0 Å². The average molecular weight is 249 g/mol. The van der Waals surface area contributed by atoms with Crippen molar-refractivity contribution in [2.45, 2.75) is 32.2 Å². The minimum absolute atomic E-state index is 0.388. The maximum atomic E-state index is 11.4. The maximum Gasteiger partial charge on any atom is 0.407 e. The Morgan fingerprint density at radius 3 is 2.72 bits per heavy atom. The van der Waals surface area contributed by atoms with Crippen molar-refractivity contribution in [3.63, 3.8) is 0 Å². The van der Waals surface area contributed by atoms with Gasteiger partial charge in [0.05, 0.1) is 12.6 Å². The highest BCUT2D eigenvalue weighted by molar-refractivity contribution is 5.73. The molecule has 0 radical (unpaired) electrons. The van der Waals surface area contributed by atoms with E-state index in [0.717, 1.165) is 24.7 Å². The van der Waals surface area contributed by atoms with Gasteiger partial charge in [0.1, 0.15) is 6.29 Å². The van der Waals surface area contributed by atoms with Crippen molar-refractivity contribution in [2.24, 2.45) is 0 Å². The number of hydrogen-bond donors (Lipinski definition) is 1. The summed E-state index contributed by atoms with van der Waals surface area (Å²) in [7, 11) is 0. The largest absolute Gasteiger partial charge is 0.450 e. The summed E-state index contributed by atoms with van der Waals surface area (Å²) in [5, 5.41) is 2.54. The summed E-state index contributed by atoms with van der Waals surface area (Å²) in [4.78, 5) is 22.3. The van der Waals surface area contributed by atoms with Crippen LogP contribution in [-0.4, -0.2) is 25.0 Å². The molecule has 0 saturated carbocycles. The third kappa shape index (κ3) is 5.48. The van der Waals surface area contributed by atoms with Crippen molar-refractivity contribution in [3.8, 4) is 0 Å². The van der Waals surface area contributed by atoms with Crippen molar-refractivity contribution >= 4 is 12.4 Å². The van der Waals surface area contributed by atoms with E-state index < -0.39 is 12.1 Å². The number of nitrogens with one attached hydrogen (secondary N) is 1. The molecule has 1 aromatic carbocycles. The molecule has 4 heteroatoms. The number of carbonyl (C=O) groups is 2. The van der Waals surface area contributed by atoms with Crippen LogP contribution >= 0.6 is 0 Å². The smallest absolute Gasteiger partial charge is 0.407 e. The number of amides is 1. The highest BCUT2D eigenvalue weighted by atomic mass is 16.5. The van der Waals surface area contributed by atoms with Gasteiger partial charge < -0.3 is 14.8 Å². The third-order valence-corrected chi connectivity index (χ3v) is 2.50. The van der Waals surface area contributed by atoms with Gasteiger partial charge in [-0.05, 0) is 18.4 Å². The summed E-state index contributed by atoms with van der Waals surface area (Å²) in [6, 6.07) is 9.00. The van der Waals surface area contributed by atoms with Crippen molar-refractivity contribution in [1.29, 1.82) is 0 Å². The van der Waals surface area contributed by atoms with E-state index in [1.54, 1.807) is 0 Å². The number of carbonyl (C=O) groups excluding carboxylic acids is 2. The number of unbranched alkanes of at least 4 members (excludes halogenated alkanes) is 1. The average Bonchev–Trinajstić information content (AvgIpc) is 2.39. The molecule has 1 atom stereocenters. The van der Waals surface area contributed by atoms with Crippen molar-refractivity contribution in [2.75, 3.05) is 6.61 Å². The van der Waals surface area contributed by atoms with Gasteiger partial charge in [0.2, 0.25) is 0 Å². The summed E-state index contributed by atoms with van der Waals surface area (Å²) >= 11 is 0. The van der Waals surface area contributed by atoms with Gasteiger partial charge in [0.15, 0.2) is 0 Å². The Morgan fingerprint density at radius 2 is 2.11 bits per heavy atom. The van der Waals surface area contributed by atoms with Gasteiger partial charge in [-0.3, -0.25) is 0 Å². The molecular weight excluding hydrogens is 230 g/mol. The van der Waals surface area contributed by atoms with Crippen LogP contribution in [0.2, 0.25) is 0 Å². The molecule has 0 spiro atoms. The van der Waals surface area contributed by atoms with Crippen LogP contribution < -0.4 is 5.32 Å². The Morgan fingerprint density at radius 1 is 1.39 bits per heavy atom. The molecule has 98 valence electrons. The van der Waals surface area contributed by atoms with Gasteiger partial charge in [-0.25, -0.2) is 4.79 Å². The molecule has 1 amide bonds. The van der Waals surface area contributed by atoms with Crippen LogP contribution in [0.5, 0.6) is 0 Å². The molecule has 1 unspecified atom stereocenters. The molecule has 0 aliphatic carbocycles. The van der Waals surface area contributed by atoms with Crippen LogP contribution in [0.4, 0.5) is 4.79 Å². The first-order chi connectivity index (χ1) is 8.76. The van der Waals surface area contributed by atoms with E-state index in [0.29, 0.717) is 13.0 Å². The van der Waals surface area contributed by atoms with Gasteiger partial charge >= 0.3 is 6.09 Å². The van der Waals surface area contributed by atoms with Gasteiger partial charge in [-0.15, -0.1) is 0 Å². The van der Waals surface area contributed by atoms with E-state index >= 15 is 0 Å². The lowest BCUT2D eigenvalue weighted by Crippen LogP contribution is -2.38. The molecule has 1 N–H and O–H groups in total. The zero-order valence-electron chi connectivity index (χ0n) is 10.6. The first-order valence-corrected chi connectivity index (χ1v) is 6.18. The van der Waals surface area contributed by atoms with E-state index in [9.17, 15) is 9.59 Å². The Balaban J connectivity index is 2.37. The molecule has 0 saturated heterocycles. The summed E-state index contributed by atoms with van der Waals surface area (Å²) < 4.78 is 4.94. The van der Waals surface area contributed by atoms with E-state index in [1.807, 2.05) is 37.3 Å². The van der Waals surface area contributed by atoms with Crippen LogP contribution in [-0.2, 0) is 16.0 Å². The molecule has 18 heavy (non-hydrogen) atoms. The lowest BCUT2D eigenvalue weighted by Gasteiger charge is -2.12. The van der Waals surface area contributed by atoms with Crippen molar-refractivity contribution < 1.29 is 14.3 Å². The second-order valence-corrected chi connectivity index (χ2v) is 4.07. The number of aldehydes is 1. The summed E-state index contributed by atoms with van der Waals surface area (Å²) in [6.45, 7) is 2.41. The number of benzene rings is 1. The monoisotopic (exact) mass is 249 g/mol. The number of ether oxygens (including phenoxy) is 1. The molecular formula is C14H19NO3. The molecule has 0 aliphatic heterocycles. The highest BCUT2D eigenvalue weighted by Gasteiger charge is 2.12. The fourth-order valence-corrected chi connectivity index (χ4v) is 1.50. The molecule has 4 nitrogen and oxygen atoms in total. The zero-order valence-corrected chi connectivity index (χ0v) is 10.6. The van der Waals surface area contributed by atoms with Crippen molar-refractivity contribution in [1.82, 2.24) is 5.32 Å². The minimum Gasteiger partial charge on any atom is -0.450 e. The first kappa shape index (κ1) is 14.2. The fourth-order valence-electron chi connectivity index (χ4n) is 1.50. The molecule has 1 aromatic rings. The highest BCUT2D eigenvalue weighted by Crippen LogP contribution is 2.02. The fraction of sp³-hybridized carbons (Fsp3) is 0.429.